The minimum atomic E-state index is 0.163. The molecule has 2 unspecified atom stereocenters. The van der Waals surface area contributed by atoms with E-state index < -0.39 is 0 Å². The van der Waals surface area contributed by atoms with E-state index in [1.807, 2.05) is 19.4 Å². The first kappa shape index (κ1) is 13.2. The van der Waals surface area contributed by atoms with E-state index in [-0.39, 0.29) is 12.1 Å². The Labute approximate surface area is 98.0 Å². The van der Waals surface area contributed by atoms with Gasteiger partial charge < -0.3 is 14.6 Å². The minimum Gasteiger partial charge on any atom is -0.379 e. The normalized spacial score (nSPS) is 15.0. The second-order valence-electron chi connectivity index (χ2n) is 3.93. The first-order valence-electron chi connectivity index (χ1n) is 5.99. The predicted molar refractivity (Wildman–Crippen MR) is 65.4 cm³/mol. The van der Waals surface area contributed by atoms with Crippen molar-refractivity contribution in [2.24, 2.45) is 0 Å². The van der Waals surface area contributed by atoms with Crippen LogP contribution in [0.1, 0.15) is 38.6 Å². The van der Waals surface area contributed by atoms with E-state index in [0.29, 0.717) is 0 Å². The fraction of sp³-hybridized carbons (Fsp3) is 0.750. The number of aromatic nitrogens is 2. The molecule has 92 valence electrons. The van der Waals surface area contributed by atoms with Crippen molar-refractivity contribution in [3.8, 4) is 0 Å². The molecule has 0 aliphatic heterocycles. The van der Waals surface area contributed by atoms with Crippen LogP contribution in [0.25, 0.3) is 0 Å². The first-order valence-corrected chi connectivity index (χ1v) is 5.99. The van der Waals surface area contributed by atoms with Crippen LogP contribution in [0.2, 0.25) is 0 Å². The topological polar surface area (TPSA) is 39.1 Å². The van der Waals surface area contributed by atoms with Crippen LogP contribution in [0, 0.1) is 0 Å². The summed E-state index contributed by atoms with van der Waals surface area (Å²) in [6.45, 7) is 5.31. The highest BCUT2D eigenvalue weighted by Gasteiger charge is 2.23. The van der Waals surface area contributed by atoms with Crippen LogP contribution in [0.15, 0.2) is 12.4 Å². The van der Waals surface area contributed by atoms with Crippen molar-refractivity contribution in [1.82, 2.24) is 14.9 Å². The highest BCUT2D eigenvalue weighted by atomic mass is 16.5. The number of hydrogen-bond acceptors (Lipinski definition) is 3. The largest absolute Gasteiger partial charge is 0.379 e. The summed E-state index contributed by atoms with van der Waals surface area (Å²) < 4.78 is 7.69. The van der Waals surface area contributed by atoms with E-state index in [2.05, 4.69) is 28.7 Å². The average molecular weight is 225 g/mol. The Hall–Kier alpha value is -0.870. The molecule has 4 nitrogen and oxygen atoms in total. The van der Waals surface area contributed by atoms with Gasteiger partial charge in [0.2, 0.25) is 0 Å². The third kappa shape index (κ3) is 2.83. The van der Waals surface area contributed by atoms with Crippen molar-refractivity contribution >= 4 is 0 Å². The predicted octanol–water partition coefficient (Wildman–Crippen LogP) is 1.98. The third-order valence-corrected chi connectivity index (χ3v) is 2.88. The lowest BCUT2D eigenvalue weighted by molar-refractivity contribution is 0.0637. The molecule has 0 bridgehead atoms. The zero-order chi connectivity index (χ0) is 12.0. The number of imidazole rings is 1. The van der Waals surface area contributed by atoms with Gasteiger partial charge in [-0.25, -0.2) is 4.98 Å². The zero-order valence-corrected chi connectivity index (χ0v) is 10.7. The number of aryl methyl sites for hydroxylation is 1. The Morgan fingerprint density at radius 1 is 1.50 bits per heavy atom. The van der Waals surface area contributed by atoms with Gasteiger partial charge in [-0.3, -0.25) is 0 Å². The molecular formula is C12H23N3O. The lowest BCUT2D eigenvalue weighted by Gasteiger charge is -2.24. The fourth-order valence-electron chi connectivity index (χ4n) is 2.05. The van der Waals surface area contributed by atoms with Gasteiger partial charge in [0.15, 0.2) is 0 Å². The van der Waals surface area contributed by atoms with Crippen LogP contribution in [-0.4, -0.2) is 29.8 Å². The molecule has 1 aromatic rings. The summed E-state index contributed by atoms with van der Waals surface area (Å²) in [7, 11) is 3.71. The van der Waals surface area contributed by atoms with E-state index in [1.54, 1.807) is 7.11 Å². The van der Waals surface area contributed by atoms with Crippen molar-refractivity contribution in [2.75, 3.05) is 14.2 Å². The van der Waals surface area contributed by atoms with Crippen LogP contribution < -0.4 is 5.32 Å². The Bertz CT molecular complexity index is 294. The lowest BCUT2D eigenvalue weighted by atomic mass is 10.1. The van der Waals surface area contributed by atoms with Gasteiger partial charge in [-0.2, -0.15) is 0 Å². The summed E-state index contributed by atoms with van der Waals surface area (Å²) in [5, 5.41) is 3.30. The number of ether oxygens (including phenoxy) is 1. The summed E-state index contributed by atoms with van der Waals surface area (Å²) in [6.07, 6.45) is 6.15. The van der Waals surface area contributed by atoms with E-state index in [1.165, 1.54) is 0 Å². The van der Waals surface area contributed by atoms with Crippen molar-refractivity contribution in [2.45, 2.75) is 45.4 Å². The molecule has 0 fully saturated rings. The molecule has 0 amide bonds. The van der Waals surface area contributed by atoms with Crippen LogP contribution in [-0.2, 0) is 11.3 Å². The second kappa shape index (κ2) is 6.66. The SMILES string of the molecule is CCCn1ccnc1C(NC)C(CC)OC. The van der Waals surface area contributed by atoms with Gasteiger partial charge in [0.1, 0.15) is 5.82 Å². The van der Waals surface area contributed by atoms with E-state index in [4.69, 9.17) is 4.74 Å². The standard InChI is InChI=1S/C12H23N3O/c1-5-8-15-9-7-14-12(15)11(13-3)10(6-2)16-4/h7,9-11,13H,5-6,8H2,1-4H3. The molecule has 1 heterocycles. The first-order chi connectivity index (χ1) is 7.78. The third-order valence-electron chi connectivity index (χ3n) is 2.88. The van der Waals surface area contributed by atoms with Crippen molar-refractivity contribution in [3.05, 3.63) is 18.2 Å². The molecular weight excluding hydrogens is 202 g/mol. The van der Waals surface area contributed by atoms with Crippen LogP contribution in [0.3, 0.4) is 0 Å². The molecule has 0 saturated heterocycles. The molecule has 4 heteroatoms. The summed E-state index contributed by atoms with van der Waals surface area (Å²) >= 11 is 0. The maximum absolute atomic E-state index is 5.49. The van der Waals surface area contributed by atoms with Crippen LogP contribution >= 0.6 is 0 Å². The van der Waals surface area contributed by atoms with E-state index >= 15 is 0 Å². The Kier molecular flexibility index (Phi) is 5.49. The Morgan fingerprint density at radius 3 is 2.75 bits per heavy atom. The average Bonchev–Trinajstić information content (AvgIpc) is 2.74. The Balaban J connectivity index is 2.88. The van der Waals surface area contributed by atoms with Gasteiger partial charge in [0.25, 0.3) is 0 Å². The fourth-order valence-corrected chi connectivity index (χ4v) is 2.05. The van der Waals surface area contributed by atoms with E-state index in [9.17, 15) is 0 Å². The quantitative estimate of drug-likeness (QED) is 0.771. The van der Waals surface area contributed by atoms with Gasteiger partial charge in [-0.15, -0.1) is 0 Å². The van der Waals surface area contributed by atoms with Crippen molar-refractivity contribution in [1.29, 1.82) is 0 Å². The molecule has 0 aromatic carbocycles. The smallest absolute Gasteiger partial charge is 0.128 e. The number of nitrogens with zero attached hydrogens (tertiary/aromatic N) is 2. The molecule has 0 aliphatic carbocycles. The Morgan fingerprint density at radius 2 is 2.25 bits per heavy atom. The van der Waals surface area contributed by atoms with E-state index in [0.717, 1.165) is 25.2 Å². The summed E-state index contributed by atoms with van der Waals surface area (Å²) in [5.74, 6) is 1.07. The second-order valence-corrected chi connectivity index (χ2v) is 3.93. The maximum Gasteiger partial charge on any atom is 0.128 e. The molecule has 1 rings (SSSR count). The highest BCUT2D eigenvalue weighted by Crippen LogP contribution is 2.19. The monoisotopic (exact) mass is 225 g/mol. The van der Waals surface area contributed by atoms with Gasteiger partial charge >= 0.3 is 0 Å². The molecule has 0 saturated carbocycles. The number of likely N-dealkylation sites (N-methyl/N-ethyl adjacent to an activating group) is 1. The van der Waals surface area contributed by atoms with Gasteiger partial charge in [-0.05, 0) is 19.9 Å². The van der Waals surface area contributed by atoms with Gasteiger partial charge in [-0.1, -0.05) is 13.8 Å². The number of hydrogen-bond donors (Lipinski definition) is 1. The van der Waals surface area contributed by atoms with Crippen molar-refractivity contribution in [3.63, 3.8) is 0 Å². The summed E-state index contributed by atoms with van der Waals surface area (Å²) in [6, 6.07) is 0.163. The number of nitrogens with one attached hydrogen (secondary N) is 1. The lowest BCUT2D eigenvalue weighted by Crippen LogP contribution is -2.33. The zero-order valence-electron chi connectivity index (χ0n) is 10.7. The van der Waals surface area contributed by atoms with Gasteiger partial charge in [0, 0.05) is 26.0 Å². The molecule has 1 N–H and O–H groups in total. The highest BCUT2D eigenvalue weighted by molar-refractivity contribution is 5.02. The molecule has 16 heavy (non-hydrogen) atoms. The molecule has 1 aromatic heterocycles. The minimum absolute atomic E-state index is 0.163. The molecule has 0 spiro atoms. The summed E-state index contributed by atoms with van der Waals surface area (Å²) in [4.78, 5) is 4.44. The van der Waals surface area contributed by atoms with Crippen LogP contribution in [0.4, 0.5) is 0 Å². The molecule has 0 aliphatic rings. The number of rotatable bonds is 7. The van der Waals surface area contributed by atoms with Gasteiger partial charge in [0.05, 0.1) is 12.1 Å². The molecule has 2 atom stereocenters. The maximum atomic E-state index is 5.49. The summed E-state index contributed by atoms with van der Waals surface area (Å²) in [5.41, 5.74) is 0. The molecule has 0 radical (unpaired) electrons. The van der Waals surface area contributed by atoms with Crippen LogP contribution in [0.5, 0.6) is 0 Å². The van der Waals surface area contributed by atoms with Crippen molar-refractivity contribution < 1.29 is 4.74 Å². The number of methoxy groups -OCH3 is 1.